The van der Waals surface area contributed by atoms with E-state index in [0.717, 1.165) is 0 Å². The Balaban J connectivity index is 2.68. The van der Waals surface area contributed by atoms with Crippen LogP contribution in [0, 0.1) is 0 Å². The van der Waals surface area contributed by atoms with Crippen LogP contribution in [0.2, 0.25) is 0 Å². The van der Waals surface area contributed by atoms with Gasteiger partial charge < -0.3 is 14.6 Å². The molecule has 0 saturated heterocycles. The summed E-state index contributed by atoms with van der Waals surface area (Å²) in [6, 6.07) is 6.73. The molecule has 0 bridgehead atoms. The molecule has 0 aliphatic heterocycles. The van der Waals surface area contributed by atoms with Crippen LogP contribution in [0.5, 0.6) is 5.75 Å². The first-order valence-corrected chi connectivity index (χ1v) is 4.27. The summed E-state index contributed by atoms with van der Waals surface area (Å²) >= 11 is 0. The summed E-state index contributed by atoms with van der Waals surface area (Å²) in [4.78, 5) is 0. The summed E-state index contributed by atoms with van der Waals surface area (Å²) in [5.41, 5.74) is 0.587. The van der Waals surface area contributed by atoms with Crippen molar-refractivity contribution >= 4 is 0 Å². The summed E-state index contributed by atoms with van der Waals surface area (Å²) < 4.78 is 21.6. The van der Waals surface area contributed by atoms with Gasteiger partial charge in [0.15, 0.2) is 6.29 Å². The lowest BCUT2D eigenvalue weighted by molar-refractivity contribution is -0.0770. The normalized spacial score (nSPS) is 12.5. The summed E-state index contributed by atoms with van der Waals surface area (Å²) in [6.45, 7) is -0.510. The zero-order chi connectivity index (χ0) is 10.4. The van der Waals surface area contributed by atoms with Crippen molar-refractivity contribution in [3.05, 3.63) is 29.8 Å². The highest BCUT2D eigenvalue weighted by Gasteiger charge is 2.05. The summed E-state index contributed by atoms with van der Waals surface area (Å²) in [7, 11) is 1.40. The van der Waals surface area contributed by atoms with Crippen LogP contribution < -0.4 is 4.74 Å². The number of hydrogen-bond donors (Lipinski definition) is 1. The number of rotatable bonds is 5. The summed E-state index contributed by atoms with van der Waals surface area (Å²) in [5.74, 6) is 0.524. The monoisotopic (exact) mass is 200 g/mol. The van der Waals surface area contributed by atoms with E-state index in [9.17, 15) is 9.50 Å². The van der Waals surface area contributed by atoms with E-state index >= 15 is 0 Å². The van der Waals surface area contributed by atoms with E-state index in [4.69, 9.17) is 9.47 Å². The second-order valence-corrected chi connectivity index (χ2v) is 2.70. The van der Waals surface area contributed by atoms with Crippen LogP contribution in [0.1, 0.15) is 11.9 Å². The third-order valence-corrected chi connectivity index (χ3v) is 1.71. The summed E-state index contributed by atoms with van der Waals surface area (Å²) in [5, 5.41) is 9.33. The number of ether oxygens (including phenoxy) is 2. The average Bonchev–Trinajstić information content (AvgIpc) is 2.25. The summed E-state index contributed by atoms with van der Waals surface area (Å²) in [6.07, 6.45) is -0.969. The van der Waals surface area contributed by atoms with Gasteiger partial charge in [-0.05, 0) is 12.1 Å². The molecule has 0 saturated carbocycles. The predicted octanol–water partition coefficient (Wildman–Crippen LogP) is 1.67. The highest BCUT2D eigenvalue weighted by molar-refractivity contribution is 5.29. The smallest absolute Gasteiger partial charge is 0.180 e. The van der Waals surface area contributed by atoms with Crippen LogP contribution in [0.4, 0.5) is 4.39 Å². The first-order chi connectivity index (χ1) is 6.77. The van der Waals surface area contributed by atoms with E-state index in [-0.39, 0.29) is 6.61 Å². The lowest BCUT2D eigenvalue weighted by Gasteiger charge is -2.10. The maximum atomic E-state index is 11.8. The van der Waals surface area contributed by atoms with Gasteiger partial charge in [-0.25, -0.2) is 4.39 Å². The van der Waals surface area contributed by atoms with Crippen molar-refractivity contribution < 1.29 is 19.0 Å². The highest BCUT2D eigenvalue weighted by Crippen LogP contribution is 2.19. The molecule has 1 unspecified atom stereocenters. The van der Waals surface area contributed by atoms with Gasteiger partial charge in [-0.2, -0.15) is 0 Å². The van der Waals surface area contributed by atoms with Crippen molar-refractivity contribution in [3.63, 3.8) is 0 Å². The molecule has 4 heteroatoms. The molecule has 78 valence electrons. The Morgan fingerprint density at radius 2 is 2.29 bits per heavy atom. The SMILES string of the molecule is COC(O)c1cccc(OCCF)c1. The van der Waals surface area contributed by atoms with Crippen molar-refractivity contribution in [3.8, 4) is 5.75 Å². The Morgan fingerprint density at radius 1 is 1.50 bits per heavy atom. The van der Waals surface area contributed by atoms with Gasteiger partial charge in [0.1, 0.15) is 19.0 Å². The first kappa shape index (κ1) is 10.9. The van der Waals surface area contributed by atoms with Gasteiger partial charge in [0.25, 0.3) is 0 Å². The average molecular weight is 200 g/mol. The molecule has 0 heterocycles. The lowest BCUT2D eigenvalue weighted by atomic mass is 10.2. The minimum atomic E-state index is -0.969. The quantitative estimate of drug-likeness (QED) is 0.735. The molecule has 1 atom stereocenters. The molecule has 1 aromatic carbocycles. The van der Waals surface area contributed by atoms with Crippen LogP contribution in [-0.2, 0) is 4.74 Å². The fraction of sp³-hybridized carbons (Fsp3) is 0.400. The molecule has 0 aliphatic carbocycles. The standard InChI is InChI=1S/C10H13FO3/c1-13-10(12)8-3-2-4-9(7-8)14-6-5-11/h2-4,7,10,12H,5-6H2,1H3. The molecule has 0 aliphatic rings. The fourth-order valence-electron chi connectivity index (χ4n) is 1.05. The minimum absolute atomic E-state index is 0.0204. The third-order valence-electron chi connectivity index (χ3n) is 1.71. The van der Waals surface area contributed by atoms with Gasteiger partial charge in [0.05, 0.1) is 0 Å². The maximum Gasteiger partial charge on any atom is 0.180 e. The van der Waals surface area contributed by atoms with Crippen molar-refractivity contribution in [2.24, 2.45) is 0 Å². The minimum Gasteiger partial charge on any atom is -0.491 e. The molecule has 1 aromatic rings. The number of hydrogen-bond acceptors (Lipinski definition) is 3. The number of alkyl halides is 1. The molecule has 0 aromatic heterocycles. The predicted molar refractivity (Wildman–Crippen MR) is 49.9 cm³/mol. The van der Waals surface area contributed by atoms with Crippen molar-refractivity contribution in [1.29, 1.82) is 0 Å². The van der Waals surface area contributed by atoms with Crippen LogP contribution >= 0.6 is 0 Å². The van der Waals surface area contributed by atoms with Crippen LogP contribution in [-0.4, -0.2) is 25.5 Å². The molecule has 1 N–H and O–H groups in total. The van der Waals surface area contributed by atoms with E-state index in [1.165, 1.54) is 7.11 Å². The molecular weight excluding hydrogens is 187 g/mol. The van der Waals surface area contributed by atoms with Crippen LogP contribution in [0.15, 0.2) is 24.3 Å². The largest absolute Gasteiger partial charge is 0.491 e. The Kier molecular flexibility index (Phi) is 4.35. The first-order valence-electron chi connectivity index (χ1n) is 4.27. The molecule has 14 heavy (non-hydrogen) atoms. The lowest BCUT2D eigenvalue weighted by Crippen LogP contribution is -2.02. The van der Waals surface area contributed by atoms with E-state index < -0.39 is 13.0 Å². The van der Waals surface area contributed by atoms with E-state index in [1.807, 2.05) is 0 Å². The number of aliphatic hydroxyl groups is 1. The van der Waals surface area contributed by atoms with E-state index in [1.54, 1.807) is 24.3 Å². The van der Waals surface area contributed by atoms with Gasteiger partial charge in [-0.1, -0.05) is 12.1 Å². The third kappa shape index (κ3) is 2.97. The second kappa shape index (κ2) is 5.57. The highest BCUT2D eigenvalue weighted by atomic mass is 19.1. The molecule has 0 radical (unpaired) electrons. The zero-order valence-electron chi connectivity index (χ0n) is 7.94. The van der Waals surface area contributed by atoms with Crippen LogP contribution in [0.25, 0.3) is 0 Å². The second-order valence-electron chi connectivity index (χ2n) is 2.70. The fourth-order valence-corrected chi connectivity index (χ4v) is 1.05. The topological polar surface area (TPSA) is 38.7 Å². The molecule has 0 fully saturated rings. The van der Waals surface area contributed by atoms with Crippen LogP contribution in [0.3, 0.4) is 0 Å². The van der Waals surface area contributed by atoms with Gasteiger partial charge in [0, 0.05) is 12.7 Å². The maximum absolute atomic E-state index is 11.8. The number of aliphatic hydroxyl groups excluding tert-OH is 1. The Labute approximate surface area is 82.1 Å². The Hall–Kier alpha value is -1.13. The van der Waals surface area contributed by atoms with Crippen molar-refractivity contribution in [2.45, 2.75) is 6.29 Å². The van der Waals surface area contributed by atoms with Crippen molar-refractivity contribution in [2.75, 3.05) is 20.4 Å². The molecular formula is C10H13FO3. The Bertz CT molecular complexity index is 278. The molecule has 0 spiro atoms. The van der Waals surface area contributed by atoms with Gasteiger partial charge in [0.2, 0.25) is 0 Å². The molecule has 0 amide bonds. The van der Waals surface area contributed by atoms with Gasteiger partial charge in [-0.3, -0.25) is 0 Å². The zero-order valence-corrected chi connectivity index (χ0v) is 7.94. The van der Waals surface area contributed by atoms with E-state index in [2.05, 4.69) is 0 Å². The molecule has 3 nitrogen and oxygen atoms in total. The van der Waals surface area contributed by atoms with Crippen molar-refractivity contribution in [1.82, 2.24) is 0 Å². The van der Waals surface area contributed by atoms with Gasteiger partial charge in [-0.15, -0.1) is 0 Å². The molecule has 1 rings (SSSR count). The number of methoxy groups -OCH3 is 1. The van der Waals surface area contributed by atoms with E-state index in [0.29, 0.717) is 11.3 Å². The number of halogens is 1. The Morgan fingerprint density at radius 3 is 2.93 bits per heavy atom. The number of benzene rings is 1. The van der Waals surface area contributed by atoms with Gasteiger partial charge >= 0.3 is 0 Å².